The van der Waals surface area contributed by atoms with Crippen LogP contribution in [0.5, 0.6) is 0 Å². The van der Waals surface area contributed by atoms with Gasteiger partial charge in [-0.3, -0.25) is 4.68 Å². The Morgan fingerprint density at radius 2 is 2.05 bits per heavy atom. The lowest BCUT2D eigenvalue weighted by Crippen LogP contribution is -2.19. The second kappa shape index (κ2) is 6.16. The highest BCUT2D eigenvalue weighted by Crippen LogP contribution is 2.19. The molecule has 0 bridgehead atoms. The quantitative estimate of drug-likeness (QED) is 0.877. The Morgan fingerprint density at radius 3 is 2.74 bits per heavy atom. The van der Waals surface area contributed by atoms with E-state index in [-0.39, 0.29) is 0 Å². The molecule has 6 nitrogen and oxygen atoms in total. The summed E-state index contributed by atoms with van der Waals surface area (Å²) in [7, 11) is 0. The van der Waals surface area contributed by atoms with E-state index in [1.54, 1.807) is 6.33 Å². The van der Waals surface area contributed by atoms with Gasteiger partial charge in [-0.05, 0) is 20.8 Å². The first kappa shape index (κ1) is 14.0. The van der Waals surface area contributed by atoms with Gasteiger partial charge >= 0.3 is 0 Å². The summed E-state index contributed by atoms with van der Waals surface area (Å²) in [4.78, 5) is 0. The van der Waals surface area contributed by atoms with Gasteiger partial charge < -0.3 is 9.88 Å². The minimum Gasteiger partial charge on any atom is -0.317 e. The normalized spacial score (nSPS) is 11.2. The third-order valence-corrected chi connectivity index (χ3v) is 3.56. The van der Waals surface area contributed by atoms with Gasteiger partial charge in [0.2, 0.25) is 0 Å². The van der Waals surface area contributed by atoms with Crippen LogP contribution in [-0.4, -0.2) is 24.5 Å². The summed E-state index contributed by atoms with van der Waals surface area (Å²) >= 11 is 6.26. The molecule has 2 heterocycles. The van der Waals surface area contributed by atoms with Crippen LogP contribution in [0.1, 0.15) is 31.1 Å². The van der Waals surface area contributed by atoms with Crippen LogP contribution in [-0.2, 0) is 26.2 Å². The summed E-state index contributed by atoms with van der Waals surface area (Å²) in [6.07, 6.45) is 1.74. The van der Waals surface area contributed by atoms with Crippen LogP contribution in [0.2, 0.25) is 5.02 Å². The van der Waals surface area contributed by atoms with Gasteiger partial charge in [0.05, 0.1) is 23.0 Å². The summed E-state index contributed by atoms with van der Waals surface area (Å²) in [5, 5.41) is 16.5. The van der Waals surface area contributed by atoms with Crippen molar-refractivity contribution in [1.29, 1.82) is 0 Å². The molecule has 2 aromatic rings. The Hall–Kier alpha value is -1.40. The van der Waals surface area contributed by atoms with E-state index in [1.165, 1.54) is 0 Å². The Kier molecular flexibility index (Phi) is 4.55. The van der Waals surface area contributed by atoms with Gasteiger partial charge in [0, 0.05) is 19.6 Å². The molecule has 0 aliphatic heterocycles. The number of nitrogens with one attached hydrogen (secondary N) is 1. The van der Waals surface area contributed by atoms with E-state index in [1.807, 2.05) is 16.2 Å². The number of nitrogens with zero attached hydrogens (tertiary/aromatic N) is 5. The molecule has 0 radical (unpaired) electrons. The van der Waals surface area contributed by atoms with Gasteiger partial charge in [0.25, 0.3) is 0 Å². The van der Waals surface area contributed by atoms with Gasteiger partial charge in [-0.15, -0.1) is 10.2 Å². The highest BCUT2D eigenvalue weighted by molar-refractivity contribution is 6.31. The zero-order valence-corrected chi connectivity index (χ0v) is 12.3. The third kappa shape index (κ3) is 2.96. The lowest BCUT2D eigenvalue weighted by atomic mass is 10.3. The lowest BCUT2D eigenvalue weighted by Gasteiger charge is -2.07. The second-order valence-electron chi connectivity index (χ2n) is 4.30. The summed E-state index contributed by atoms with van der Waals surface area (Å²) in [5.41, 5.74) is 1.89. The minimum atomic E-state index is 0.665. The first-order chi connectivity index (χ1) is 9.17. The minimum absolute atomic E-state index is 0.665. The number of rotatable bonds is 6. The van der Waals surface area contributed by atoms with Crippen LogP contribution < -0.4 is 5.32 Å². The fourth-order valence-electron chi connectivity index (χ4n) is 2.01. The fourth-order valence-corrected chi connectivity index (χ4v) is 2.21. The predicted octanol–water partition coefficient (Wildman–Crippen LogP) is 1.77. The Labute approximate surface area is 117 Å². The molecule has 1 N–H and O–H groups in total. The molecule has 0 saturated carbocycles. The number of hydrogen-bond acceptors (Lipinski definition) is 4. The standard InChI is InChI=1S/C12H19ClN6/c1-4-18-8-15-16-11(18)7-14-6-10-12(13)9(3)17-19(10)5-2/h8,14H,4-7H2,1-3H3. The van der Waals surface area contributed by atoms with Crippen molar-refractivity contribution in [3.05, 3.63) is 28.6 Å². The molecular formula is C12H19ClN6. The van der Waals surface area contributed by atoms with Gasteiger partial charge in [0.15, 0.2) is 0 Å². The zero-order valence-electron chi connectivity index (χ0n) is 11.5. The maximum absolute atomic E-state index is 6.26. The molecule has 0 aromatic carbocycles. The van der Waals surface area contributed by atoms with E-state index in [0.717, 1.165) is 35.3 Å². The summed E-state index contributed by atoms with van der Waals surface area (Å²) in [6.45, 7) is 9.07. The monoisotopic (exact) mass is 282 g/mol. The molecule has 2 rings (SSSR count). The molecule has 0 unspecified atom stereocenters. The molecule has 0 atom stereocenters. The fraction of sp³-hybridized carbons (Fsp3) is 0.583. The molecule has 19 heavy (non-hydrogen) atoms. The largest absolute Gasteiger partial charge is 0.317 e. The van der Waals surface area contributed by atoms with Crippen molar-refractivity contribution in [2.75, 3.05) is 0 Å². The Balaban J connectivity index is 2.00. The van der Waals surface area contributed by atoms with Crippen LogP contribution in [0, 0.1) is 6.92 Å². The molecule has 0 saturated heterocycles. The zero-order chi connectivity index (χ0) is 13.8. The Bertz CT molecular complexity index is 544. The van der Waals surface area contributed by atoms with Crippen molar-refractivity contribution in [2.24, 2.45) is 0 Å². The molecule has 0 fully saturated rings. The van der Waals surface area contributed by atoms with Gasteiger partial charge in [-0.2, -0.15) is 5.10 Å². The van der Waals surface area contributed by atoms with Crippen molar-refractivity contribution in [3.63, 3.8) is 0 Å². The first-order valence-electron chi connectivity index (χ1n) is 6.46. The van der Waals surface area contributed by atoms with Crippen LogP contribution in [0.4, 0.5) is 0 Å². The van der Waals surface area contributed by atoms with Crippen LogP contribution >= 0.6 is 11.6 Å². The lowest BCUT2D eigenvalue weighted by molar-refractivity contribution is 0.560. The topological polar surface area (TPSA) is 60.6 Å². The molecule has 104 valence electrons. The number of halogens is 1. The van der Waals surface area contributed by atoms with Crippen molar-refractivity contribution in [3.8, 4) is 0 Å². The van der Waals surface area contributed by atoms with Gasteiger partial charge in [0.1, 0.15) is 12.2 Å². The van der Waals surface area contributed by atoms with Gasteiger partial charge in [-0.25, -0.2) is 0 Å². The third-order valence-electron chi connectivity index (χ3n) is 3.06. The molecule has 0 aliphatic rings. The molecular weight excluding hydrogens is 264 g/mol. The Morgan fingerprint density at radius 1 is 1.26 bits per heavy atom. The highest BCUT2D eigenvalue weighted by atomic mass is 35.5. The molecule has 0 amide bonds. The number of aryl methyl sites for hydroxylation is 3. The molecule has 0 spiro atoms. The second-order valence-corrected chi connectivity index (χ2v) is 4.68. The van der Waals surface area contributed by atoms with Gasteiger partial charge in [-0.1, -0.05) is 11.6 Å². The van der Waals surface area contributed by atoms with Crippen LogP contribution in [0.15, 0.2) is 6.33 Å². The average molecular weight is 283 g/mol. The molecule has 0 aliphatic carbocycles. The van der Waals surface area contributed by atoms with E-state index in [2.05, 4.69) is 34.5 Å². The van der Waals surface area contributed by atoms with Crippen LogP contribution in [0.3, 0.4) is 0 Å². The maximum Gasteiger partial charge on any atom is 0.146 e. The van der Waals surface area contributed by atoms with E-state index in [0.29, 0.717) is 13.1 Å². The van der Waals surface area contributed by atoms with Crippen molar-refractivity contribution < 1.29 is 0 Å². The maximum atomic E-state index is 6.26. The van der Waals surface area contributed by atoms with E-state index >= 15 is 0 Å². The van der Waals surface area contributed by atoms with Crippen molar-refractivity contribution in [1.82, 2.24) is 29.9 Å². The van der Waals surface area contributed by atoms with E-state index in [4.69, 9.17) is 11.6 Å². The number of hydrogen-bond donors (Lipinski definition) is 1. The molecule has 7 heteroatoms. The molecule has 2 aromatic heterocycles. The highest BCUT2D eigenvalue weighted by Gasteiger charge is 2.12. The summed E-state index contributed by atoms with van der Waals surface area (Å²) in [6, 6.07) is 0. The van der Waals surface area contributed by atoms with Crippen molar-refractivity contribution >= 4 is 11.6 Å². The van der Waals surface area contributed by atoms with E-state index < -0.39 is 0 Å². The average Bonchev–Trinajstić information content (AvgIpc) is 2.97. The SMILES string of the molecule is CCn1cnnc1CNCc1c(Cl)c(C)nn1CC. The summed E-state index contributed by atoms with van der Waals surface area (Å²) in [5.74, 6) is 0.929. The first-order valence-corrected chi connectivity index (χ1v) is 6.84. The van der Waals surface area contributed by atoms with Crippen LogP contribution in [0.25, 0.3) is 0 Å². The number of aromatic nitrogens is 5. The van der Waals surface area contributed by atoms with Crippen molar-refractivity contribution in [2.45, 2.75) is 47.0 Å². The smallest absolute Gasteiger partial charge is 0.146 e. The summed E-state index contributed by atoms with van der Waals surface area (Å²) < 4.78 is 3.94. The predicted molar refractivity (Wildman–Crippen MR) is 73.9 cm³/mol. The van der Waals surface area contributed by atoms with E-state index in [9.17, 15) is 0 Å².